The van der Waals surface area contributed by atoms with E-state index in [-0.39, 0.29) is 5.82 Å². The predicted molar refractivity (Wildman–Crippen MR) is 91.1 cm³/mol. The van der Waals surface area contributed by atoms with E-state index in [1.165, 1.54) is 12.1 Å². The first-order chi connectivity index (χ1) is 11.1. The third kappa shape index (κ3) is 4.98. The lowest BCUT2D eigenvalue weighted by molar-refractivity contribution is 0.414. The van der Waals surface area contributed by atoms with Crippen LogP contribution in [-0.4, -0.2) is 32.1 Å². The van der Waals surface area contributed by atoms with Gasteiger partial charge in [-0.15, -0.1) is 0 Å². The third-order valence-corrected chi connectivity index (χ3v) is 3.49. The summed E-state index contributed by atoms with van der Waals surface area (Å²) in [6.07, 6.45) is 0. The number of benzene rings is 2. The molecule has 0 aliphatic heterocycles. The van der Waals surface area contributed by atoms with Crippen LogP contribution in [0.25, 0.3) is 0 Å². The smallest absolute Gasteiger partial charge is 0.193 e. The van der Waals surface area contributed by atoms with Gasteiger partial charge in [-0.1, -0.05) is 24.3 Å². The molecule has 1 N–H and O–H groups in total. The van der Waals surface area contributed by atoms with Crippen molar-refractivity contribution in [3.63, 3.8) is 0 Å². The Kier molecular flexibility index (Phi) is 5.97. The molecule has 0 aliphatic carbocycles. The first kappa shape index (κ1) is 16.8. The normalized spacial score (nSPS) is 11.2. The first-order valence-electron chi connectivity index (χ1n) is 7.41. The quantitative estimate of drug-likeness (QED) is 0.680. The van der Waals surface area contributed by atoms with Crippen LogP contribution in [0.15, 0.2) is 53.5 Å². The molecule has 0 radical (unpaired) electrons. The summed E-state index contributed by atoms with van der Waals surface area (Å²) in [4.78, 5) is 6.28. The van der Waals surface area contributed by atoms with Crippen LogP contribution in [0, 0.1) is 5.82 Å². The number of methoxy groups -OCH3 is 1. The maximum atomic E-state index is 13.0. The second-order valence-corrected chi connectivity index (χ2v) is 5.23. The molecule has 0 aromatic heterocycles. The van der Waals surface area contributed by atoms with Crippen LogP contribution < -0.4 is 10.1 Å². The van der Waals surface area contributed by atoms with Crippen LogP contribution in [0.3, 0.4) is 0 Å². The van der Waals surface area contributed by atoms with Crippen molar-refractivity contribution in [3.05, 3.63) is 65.5 Å². The molecule has 0 amide bonds. The molecule has 0 unspecified atom stereocenters. The molecule has 23 heavy (non-hydrogen) atoms. The van der Waals surface area contributed by atoms with E-state index in [9.17, 15) is 4.39 Å². The Morgan fingerprint density at radius 2 is 1.91 bits per heavy atom. The molecule has 0 bridgehead atoms. The van der Waals surface area contributed by atoms with Gasteiger partial charge in [0.1, 0.15) is 11.6 Å². The fraction of sp³-hybridized carbons (Fsp3) is 0.278. The molecule has 2 rings (SSSR count). The Balaban J connectivity index is 1.95. The highest BCUT2D eigenvalue weighted by Crippen LogP contribution is 2.12. The maximum absolute atomic E-state index is 13.0. The van der Waals surface area contributed by atoms with Crippen LogP contribution in [0.1, 0.15) is 11.1 Å². The van der Waals surface area contributed by atoms with Crippen molar-refractivity contribution in [2.24, 2.45) is 4.99 Å². The number of hydrogen-bond acceptors (Lipinski definition) is 2. The molecule has 0 heterocycles. The van der Waals surface area contributed by atoms with Gasteiger partial charge in [-0.05, 0) is 35.4 Å². The van der Waals surface area contributed by atoms with Crippen LogP contribution in [-0.2, 0) is 13.1 Å². The van der Waals surface area contributed by atoms with Crippen molar-refractivity contribution in [2.75, 3.05) is 21.2 Å². The Morgan fingerprint density at radius 1 is 1.17 bits per heavy atom. The zero-order chi connectivity index (χ0) is 16.7. The van der Waals surface area contributed by atoms with Gasteiger partial charge in [0.15, 0.2) is 5.96 Å². The summed E-state index contributed by atoms with van der Waals surface area (Å²) in [6.45, 7) is 1.30. The summed E-state index contributed by atoms with van der Waals surface area (Å²) in [5.41, 5.74) is 2.14. The minimum atomic E-state index is -0.225. The molecule has 2 aromatic carbocycles. The molecule has 2 aromatic rings. The fourth-order valence-corrected chi connectivity index (χ4v) is 2.29. The molecule has 0 atom stereocenters. The Morgan fingerprint density at radius 3 is 2.57 bits per heavy atom. The van der Waals surface area contributed by atoms with Crippen LogP contribution >= 0.6 is 0 Å². The molecule has 4 nitrogen and oxygen atoms in total. The summed E-state index contributed by atoms with van der Waals surface area (Å²) in [5, 5.41) is 3.31. The Bertz CT molecular complexity index is 656. The molecular weight excluding hydrogens is 293 g/mol. The average molecular weight is 315 g/mol. The summed E-state index contributed by atoms with van der Waals surface area (Å²) in [5.74, 6) is 1.38. The summed E-state index contributed by atoms with van der Waals surface area (Å²) >= 11 is 0. The molecule has 0 saturated heterocycles. The lowest BCUT2D eigenvalue weighted by atomic mass is 10.2. The zero-order valence-corrected chi connectivity index (χ0v) is 13.7. The molecule has 0 spiro atoms. The van der Waals surface area contributed by atoms with Crippen LogP contribution in [0.2, 0.25) is 0 Å². The van der Waals surface area contributed by atoms with Crippen molar-refractivity contribution >= 4 is 5.96 Å². The highest BCUT2D eigenvalue weighted by molar-refractivity contribution is 5.79. The van der Waals surface area contributed by atoms with E-state index in [1.807, 2.05) is 36.2 Å². The minimum Gasteiger partial charge on any atom is -0.497 e. The SMILES string of the molecule is CN=C(NCc1cccc(OC)c1)N(C)Cc1ccc(F)cc1. The van der Waals surface area contributed by atoms with E-state index in [0.717, 1.165) is 22.8 Å². The summed E-state index contributed by atoms with van der Waals surface area (Å²) < 4.78 is 18.2. The van der Waals surface area contributed by atoms with Gasteiger partial charge < -0.3 is 15.0 Å². The Hall–Kier alpha value is -2.56. The fourth-order valence-electron chi connectivity index (χ4n) is 2.29. The number of guanidine groups is 1. The maximum Gasteiger partial charge on any atom is 0.193 e. The topological polar surface area (TPSA) is 36.9 Å². The van der Waals surface area contributed by atoms with Crippen molar-refractivity contribution in [3.8, 4) is 5.75 Å². The number of nitrogens with one attached hydrogen (secondary N) is 1. The van der Waals surface area contributed by atoms with Gasteiger partial charge in [-0.3, -0.25) is 4.99 Å². The van der Waals surface area contributed by atoms with E-state index < -0.39 is 0 Å². The largest absolute Gasteiger partial charge is 0.497 e. The second-order valence-electron chi connectivity index (χ2n) is 5.23. The van der Waals surface area contributed by atoms with E-state index in [0.29, 0.717) is 13.1 Å². The van der Waals surface area contributed by atoms with E-state index in [4.69, 9.17) is 4.74 Å². The van der Waals surface area contributed by atoms with Crippen LogP contribution in [0.4, 0.5) is 4.39 Å². The van der Waals surface area contributed by atoms with Crippen molar-refractivity contribution in [1.29, 1.82) is 0 Å². The number of aliphatic imine (C=N–C) groups is 1. The lowest BCUT2D eigenvalue weighted by Crippen LogP contribution is -2.38. The highest BCUT2D eigenvalue weighted by atomic mass is 19.1. The van der Waals surface area contributed by atoms with Gasteiger partial charge in [0.25, 0.3) is 0 Å². The minimum absolute atomic E-state index is 0.225. The summed E-state index contributed by atoms with van der Waals surface area (Å²) in [6, 6.07) is 14.4. The van der Waals surface area contributed by atoms with Gasteiger partial charge in [0.2, 0.25) is 0 Å². The number of hydrogen-bond donors (Lipinski definition) is 1. The van der Waals surface area contributed by atoms with Crippen LogP contribution in [0.5, 0.6) is 5.75 Å². The number of ether oxygens (including phenoxy) is 1. The average Bonchev–Trinajstić information content (AvgIpc) is 2.57. The number of halogens is 1. The standard InChI is InChI=1S/C18H22FN3O/c1-20-18(21-12-15-5-4-6-17(11-15)23-3)22(2)13-14-7-9-16(19)10-8-14/h4-11H,12-13H2,1-3H3,(H,20,21). The molecule has 122 valence electrons. The van der Waals surface area contributed by atoms with Gasteiger partial charge >= 0.3 is 0 Å². The lowest BCUT2D eigenvalue weighted by Gasteiger charge is -2.22. The first-order valence-corrected chi connectivity index (χ1v) is 7.41. The molecule has 0 fully saturated rings. The molecule has 0 saturated carbocycles. The molecule has 5 heteroatoms. The zero-order valence-electron chi connectivity index (χ0n) is 13.7. The van der Waals surface area contributed by atoms with E-state index in [1.54, 1.807) is 26.3 Å². The van der Waals surface area contributed by atoms with E-state index >= 15 is 0 Å². The monoisotopic (exact) mass is 315 g/mol. The number of rotatable bonds is 5. The number of nitrogens with zero attached hydrogens (tertiary/aromatic N) is 2. The van der Waals surface area contributed by atoms with Crippen molar-refractivity contribution < 1.29 is 9.13 Å². The van der Waals surface area contributed by atoms with Gasteiger partial charge in [-0.25, -0.2) is 4.39 Å². The Labute approximate surface area is 136 Å². The van der Waals surface area contributed by atoms with E-state index in [2.05, 4.69) is 10.3 Å². The second kappa shape index (κ2) is 8.17. The van der Waals surface area contributed by atoms with Gasteiger partial charge in [0.05, 0.1) is 7.11 Å². The molecule has 0 aliphatic rings. The molecular formula is C18H22FN3O. The highest BCUT2D eigenvalue weighted by Gasteiger charge is 2.07. The third-order valence-electron chi connectivity index (χ3n) is 3.49. The van der Waals surface area contributed by atoms with Crippen molar-refractivity contribution in [1.82, 2.24) is 10.2 Å². The van der Waals surface area contributed by atoms with Crippen molar-refractivity contribution in [2.45, 2.75) is 13.1 Å². The van der Waals surface area contributed by atoms with Gasteiger partial charge in [0, 0.05) is 27.2 Å². The predicted octanol–water partition coefficient (Wildman–Crippen LogP) is 3.04. The summed E-state index contributed by atoms with van der Waals surface area (Å²) in [7, 11) is 5.35. The van der Waals surface area contributed by atoms with Gasteiger partial charge in [-0.2, -0.15) is 0 Å².